The molecule has 1 rings (SSSR count). The zero-order valence-corrected chi connectivity index (χ0v) is 12.5. The Morgan fingerprint density at radius 1 is 1.21 bits per heavy atom. The van der Waals surface area contributed by atoms with Gasteiger partial charge in [-0.3, -0.25) is 0 Å². The minimum Gasteiger partial charge on any atom is -0.494 e. The highest BCUT2D eigenvalue weighted by molar-refractivity contribution is 5.46. The van der Waals surface area contributed by atoms with Gasteiger partial charge in [0.15, 0.2) is 0 Å². The lowest BCUT2D eigenvalue weighted by Crippen LogP contribution is -2.30. The van der Waals surface area contributed by atoms with Crippen molar-refractivity contribution in [1.82, 2.24) is 0 Å². The van der Waals surface area contributed by atoms with E-state index in [1.165, 1.54) is 0 Å². The molecule has 108 valence electrons. The monoisotopic (exact) mass is 264 g/mol. The van der Waals surface area contributed by atoms with Crippen LogP contribution in [-0.2, 0) is 0 Å². The molecule has 1 unspecified atom stereocenters. The van der Waals surface area contributed by atoms with Gasteiger partial charge in [-0.1, -0.05) is 27.2 Å². The first-order valence-corrected chi connectivity index (χ1v) is 7.34. The molecule has 1 aromatic carbocycles. The summed E-state index contributed by atoms with van der Waals surface area (Å²) in [6.45, 7) is 8.16. The van der Waals surface area contributed by atoms with Crippen LogP contribution in [0.3, 0.4) is 0 Å². The van der Waals surface area contributed by atoms with Crippen molar-refractivity contribution in [2.75, 3.05) is 18.5 Å². The highest BCUT2D eigenvalue weighted by Gasteiger charge is 2.05. The summed E-state index contributed by atoms with van der Waals surface area (Å²) in [5.74, 6) is 1.58. The van der Waals surface area contributed by atoms with Gasteiger partial charge in [0, 0.05) is 18.3 Å². The van der Waals surface area contributed by atoms with Crippen molar-refractivity contribution in [1.29, 1.82) is 0 Å². The van der Waals surface area contributed by atoms with Crippen molar-refractivity contribution in [3.63, 3.8) is 0 Å². The normalized spacial score (nSPS) is 12.5. The number of rotatable bonds is 9. The minimum atomic E-state index is 0.209. The third kappa shape index (κ3) is 7.06. The Bertz CT molecular complexity index is 335. The summed E-state index contributed by atoms with van der Waals surface area (Å²) >= 11 is 0. The van der Waals surface area contributed by atoms with Gasteiger partial charge in [0.1, 0.15) is 5.75 Å². The zero-order chi connectivity index (χ0) is 14.1. The first kappa shape index (κ1) is 15.8. The highest BCUT2D eigenvalue weighted by atomic mass is 16.5. The maximum Gasteiger partial charge on any atom is 0.119 e. The second kappa shape index (κ2) is 8.81. The maximum atomic E-state index is 6.05. The highest BCUT2D eigenvalue weighted by Crippen LogP contribution is 2.16. The number of anilines is 1. The molecule has 19 heavy (non-hydrogen) atoms. The van der Waals surface area contributed by atoms with Gasteiger partial charge in [-0.25, -0.2) is 0 Å². The molecule has 0 saturated heterocycles. The van der Waals surface area contributed by atoms with Crippen LogP contribution in [0.25, 0.3) is 0 Å². The van der Waals surface area contributed by atoms with E-state index in [1.807, 2.05) is 24.3 Å². The molecule has 0 radical (unpaired) electrons. The predicted octanol–water partition coefficient (Wildman–Crippen LogP) is 3.65. The molecule has 0 bridgehead atoms. The molecule has 0 fully saturated rings. The van der Waals surface area contributed by atoms with Gasteiger partial charge in [-0.05, 0) is 43.0 Å². The summed E-state index contributed by atoms with van der Waals surface area (Å²) in [7, 11) is 0. The van der Waals surface area contributed by atoms with E-state index < -0.39 is 0 Å². The minimum absolute atomic E-state index is 0.209. The van der Waals surface area contributed by atoms with E-state index in [0.717, 1.165) is 43.9 Å². The van der Waals surface area contributed by atoms with E-state index in [0.29, 0.717) is 5.92 Å². The van der Waals surface area contributed by atoms with Gasteiger partial charge >= 0.3 is 0 Å². The third-order valence-electron chi connectivity index (χ3n) is 2.96. The SMILES string of the molecule is CCCCOc1ccc(NCC(N)CC(C)C)cc1. The number of unbranched alkanes of at least 4 members (excludes halogenated alkanes) is 1. The Kier molecular flexibility index (Phi) is 7.34. The van der Waals surface area contributed by atoms with Crippen LogP contribution >= 0.6 is 0 Å². The summed E-state index contributed by atoms with van der Waals surface area (Å²) in [5, 5.41) is 3.36. The molecule has 0 aliphatic rings. The van der Waals surface area contributed by atoms with E-state index in [9.17, 15) is 0 Å². The van der Waals surface area contributed by atoms with Crippen molar-refractivity contribution < 1.29 is 4.74 Å². The molecule has 0 aliphatic carbocycles. The number of benzene rings is 1. The summed E-state index contributed by atoms with van der Waals surface area (Å²) in [4.78, 5) is 0. The molecule has 0 spiro atoms. The summed E-state index contributed by atoms with van der Waals surface area (Å²) in [6, 6.07) is 8.31. The van der Waals surface area contributed by atoms with E-state index >= 15 is 0 Å². The topological polar surface area (TPSA) is 47.3 Å². The third-order valence-corrected chi connectivity index (χ3v) is 2.96. The van der Waals surface area contributed by atoms with E-state index in [1.54, 1.807) is 0 Å². The Morgan fingerprint density at radius 2 is 1.89 bits per heavy atom. The lowest BCUT2D eigenvalue weighted by Gasteiger charge is -2.15. The zero-order valence-electron chi connectivity index (χ0n) is 12.5. The molecule has 3 heteroatoms. The van der Waals surface area contributed by atoms with Crippen molar-refractivity contribution in [2.24, 2.45) is 11.7 Å². The fraction of sp³-hybridized carbons (Fsp3) is 0.625. The first-order chi connectivity index (χ1) is 9.11. The van der Waals surface area contributed by atoms with Gasteiger partial charge in [0.25, 0.3) is 0 Å². The molecule has 1 atom stereocenters. The van der Waals surface area contributed by atoms with Crippen LogP contribution in [0.2, 0.25) is 0 Å². The van der Waals surface area contributed by atoms with Crippen LogP contribution in [0.4, 0.5) is 5.69 Å². The number of ether oxygens (including phenoxy) is 1. The van der Waals surface area contributed by atoms with Crippen LogP contribution < -0.4 is 15.8 Å². The summed E-state index contributed by atoms with van der Waals surface area (Å²) < 4.78 is 5.63. The van der Waals surface area contributed by atoms with Crippen LogP contribution in [0, 0.1) is 5.92 Å². The predicted molar refractivity (Wildman–Crippen MR) is 82.8 cm³/mol. The average molecular weight is 264 g/mol. The molecule has 0 saturated carbocycles. The van der Waals surface area contributed by atoms with Crippen LogP contribution in [0.1, 0.15) is 40.0 Å². The van der Waals surface area contributed by atoms with Crippen LogP contribution in [0.15, 0.2) is 24.3 Å². The second-order valence-electron chi connectivity index (χ2n) is 5.50. The number of nitrogens with one attached hydrogen (secondary N) is 1. The molecule has 0 heterocycles. The first-order valence-electron chi connectivity index (χ1n) is 7.34. The summed E-state index contributed by atoms with van der Waals surface area (Å²) in [6.07, 6.45) is 3.31. The lowest BCUT2D eigenvalue weighted by molar-refractivity contribution is 0.309. The van der Waals surface area contributed by atoms with Gasteiger partial charge in [-0.15, -0.1) is 0 Å². The van der Waals surface area contributed by atoms with E-state index in [2.05, 4.69) is 26.1 Å². The van der Waals surface area contributed by atoms with Gasteiger partial charge < -0.3 is 15.8 Å². The number of nitrogens with two attached hydrogens (primary N) is 1. The Labute approximate surface area is 117 Å². The van der Waals surface area contributed by atoms with Crippen molar-refractivity contribution in [3.05, 3.63) is 24.3 Å². The molecule has 0 aliphatic heterocycles. The Balaban J connectivity index is 2.31. The lowest BCUT2D eigenvalue weighted by atomic mass is 10.0. The quantitative estimate of drug-likeness (QED) is 0.669. The fourth-order valence-electron chi connectivity index (χ4n) is 1.94. The molecule has 3 N–H and O–H groups in total. The van der Waals surface area contributed by atoms with Crippen molar-refractivity contribution in [2.45, 2.75) is 46.1 Å². The molecule has 0 aromatic heterocycles. The van der Waals surface area contributed by atoms with Crippen LogP contribution in [0.5, 0.6) is 5.75 Å². The van der Waals surface area contributed by atoms with E-state index in [-0.39, 0.29) is 6.04 Å². The Hall–Kier alpha value is -1.22. The number of hydrogen-bond acceptors (Lipinski definition) is 3. The van der Waals surface area contributed by atoms with Crippen LogP contribution in [-0.4, -0.2) is 19.2 Å². The van der Waals surface area contributed by atoms with Gasteiger partial charge in [0.05, 0.1) is 6.61 Å². The summed E-state index contributed by atoms with van der Waals surface area (Å²) in [5.41, 5.74) is 7.15. The van der Waals surface area contributed by atoms with E-state index in [4.69, 9.17) is 10.5 Å². The Morgan fingerprint density at radius 3 is 2.47 bits per heavy atom. The molecule has 1 aromatic rings. The number of hydrogen-bond donors (Lipinski definition) is 2. The maximum absolute atomic E-state index is 6.05. The molecule has 0 amide bonds. The molecule has 3 nitrogen and oxygen atoms in total. The standard InChI is InChI=1S/C16H28N2O/c1-4-5-10-19-16-8-6-15(7-9-16)18-12-14(17)11-13(2)3/h6-9,13-14,18H,4-5,10-12,17H2,1-3H3. The van der Waals surface area contributed by atoms with Gasteiger partial charge in [0.2, 0.25) is 0 Å². The second-order valence-corrected chi connectivity index (χ2v) is 5.50. The van der Waals surface area contributed by atoms with Gasteiger partial charge in [-0.2, -0.15) is 0 Å². The fourth-order valence-corrected chi connectivity index (χ4v) is 1.94. The van der Waals surface area contributed by atoms with Crippen molar-refractivity contribution >= 4 is 5.69 Å². The molecular formula is C16H28N2O. The smallest absolute Gasteiger partial charge is 0.119 e. The average Bonchev–Trinajstić information content (AvgIpc) is 2.37. The molecular weight excluding hydrogens is 236 g/mol. The van der Waals surface area contributed by atoms with Crippen molar-refractivity contribution in [3.8, 4) is 5.75 Å². The largest absolute Gasteiger partial charge is 0.494 e.